The van der Waals surface area contributed by atoms with Crippen molar-refractivity contribution in [3.63, 3.8) is 0 Å². The minimum absolute atomic E-state index is 0.668. The maximum atomic E-state index is 9.69. The summed E-state index contributed by atoms with van der Waals surface area (Å²) in [5.74, 6) is 0. The van der Waals surface area contributed by atoms with Crippen LogP contribution in [0.1, 0.15) is 11.1 Å². The van der Waals surface area contributed by atoms with Gasteiger partial charge in [0, 0.05) is 42.7 Å². The molecule has 3 heterocycles. The molecule has 9 aromatic rings. The van der Waals surface area contributed by atoms with Crippen LogP contribution in [0, 0.1) is 18.3 Å². The molecule has 0 aliphatic carbocycles. The summed E-state index contributed by atoms with van der Waals surface area (Å²) in [5, 5.41) is 17.1. The molecule has 9 rings (SSSR count). The van der Waals surface area contributed by atoms with Crippen LogP contribution in [0.5, 0.6) is 0 Å². The van der Waals surface area contributed by atoms with Crippen LogP contribution in [0.4, 0.5) is 0 Å². The molecule has 0 aliphatic rings. The van der Waals surface area contributed by atoms with E-state index in [9.17, 15) is 5.26 Å². The first-order valence-corrected chi connectivity index (χ1v) is 14.9. The fraction of sp³-hybridized carbons (Fsp3) is 0.0263. The second kappa shape index (κ2) is 8.57. The molecule has 0 aliphatic heterocycles. The number of para-hydroxylation sites is 2. The first-order chi connectivity index (χ1) is 20.7. The van der Waals surface area contributed by atoms with Gasteiger partial charge in [-0.3, -0.25) is 0 Å². The van der Waals surface area contributed by atoms with Gasteiger partial charge in [0.05, 0.1) is 44.1 Å². The largest absolute Gasteiger partial charge is 0.309 e. The molecule has 4 heteroatoms. The normalized spacial score (nSPS) is 11.9. The maximum absolute atomic E-state index is 9.69. The Kier molecular flexibility index (Phi) is 4.76. The van der Waals surface area contributed by atoms with Crippen molar-refractivity contribution in [1.82, 2.24) is 9.13 Å². The number of aryl methyl sites for hydroxylation is 1. The highest BCUT2D eigenvalue weighted by atomic mass is 32.1. The van der Waals surface area contributed by atoms with E-state index in [-0.39, 0.29) is 0 Å². The third-order valence-electron chi connectivity index (χ3n) is 8.59. The van der Waals surface area contributed by atoms with Crippen LogP contribution >= 0.6 is 11.3 Å². The van der Waals surface area contributed by atoms with Crippen molar-refractivity contribution >= 4 is 75.1 Å². The minimum Gasteiger partial charge on any atom is -0.309 e. The van der Waals surface area contributed by atoms with Crippen LogP contribution in [0.3, 0.4) is 0 Å². The molecule has 0 fully saturated rings. The number of nitriles is 1. The molecule has 0 atom stereocenters. The van der Waals surface area contributed by atoms with Gasteiger partial charge in [-0.05, 0) is 67.6 Å². The molecule has 196 valence electrons. The van der Waals surface area contributed by atoms with Crippen LogP contribution in [0.15, 0.2) is 121 Å². The highest BCUT2D eigenvalue weighted by Gasteiger charge is 2.18. The van der Waals surface area contributed by atoms with Gasteiger partial charge in [-0.1, -0.05) is 66.2 Å². The summed E-state index contributed by atoms with van der Waals surface area (Å²) < 4.78 is 7.23. The topological polar surface area (TPSA) is 33.6 Å². The first-order valence-electron chi connectivity index (χ1n) is 14.1. The van der Waals surface area contributed by atoms with E-state index >= 15 is 0 Å². The number of hydrogen-bond donors (Lipinski definition) is 0. The van der Waals surface area contributed by atoms with Gasteiger partial charge in [-0.25, -0.2) is 0 Å². The van der Waals surface area contributed by atoms with Crippen molar-refractivity contribution in [2.45, 2.75) is 6.92 Å². The van der Waals surface area contributed by atoms with E-state index in [1.165, 1.54) is 52.9 Å². The fourth-order valence-corrected chi connectivity index (χ4v) is 7.94. The lowest BCUT2D eigenvalue weighted by molar-refractivity contribution is 1.19. The third-order valence-corrected chi connectivity index (χ3v) is 9.80. The van der Waals surface area contributed by atoms with Crippen molar-refractivity contribution in [3.05, 3.63) is 132 Å². The van der Waals surface area contributed by atoms with E-state index < -0.39 is 0 Å². The van der Waals surface area contributed by atoms with E-state index in [1.54, 1.807) is 0 Å². The summed E-state index contributed by atoms with van der Waals surface area (Å²) in [6, 6.07) is 45.8. The summed E-state index contributed by atoms with van der Waals surface area (Å²) in [6.45, 7) is 2.16. The summed E-state index contributed by atoms with van der Waals surface area (Å²) in [6.07, 6.45) is 0. The quantitative estimate of drug-likeness (QED) is 0.210. The van der Waals surface area contributed by atoms with Crippen molar-refractivity contribution in [3.8, 4) is 17.4 Å². The maximum Gasteiger partial charge on any atom is 0.0992 e. The lowest BCUT2D eigenvalue weighted by atomic mass is 10.1. The Morgan fingerprint density at radius 3 is 2.10 bits per heavy atom. The summed E-state index contributed by atoms with van der Waals surface area (Å²) in [4.78, 5) is 0. The number of thiophene rings is 1. The summed E-state index contributed by atoms with van der Waals surface area (Å²) in [5.41, 5.74) is 8.89. The van der Waals surface area contributed by atoms with Crippen LogP contribution in [-0.2, 0) is 0 Å². The molecule has 0 radical (unpaired) electrons. The predicted octanol–water partition coefficient (Wildman–Crippen LogP) is 10.4. The Balaban J connectivity index is 1.34. The second-order valence-electron chi connectivity index (χ2n) is 11.0. The molecule has 0 amide bonds. The average molecular weight is 554 g/mol. The minimum atomic E-state index is 0.668. The molecule has 3 nitrogen and oxygen atoms in total. The van der Waals surface area contributed by atoms with E-state index in [4.69, 9.17) is 0 Å². The number of nitrogens with zero attached hydrogens (tertiary/aromatic N) is 3. The number of aromatic nitrogens is 2. The average Bonchev–Trinajstić information content (AvgIpc) is 3.68. The number of fused-ring (bicyclic) bond motifs is 9. The molecule has 0 unspecified atom stereocenters. The van der Waals surface area contributed by atoms with E-state index in [0.29, 0.717) is 5.56 Å². The molecule has 6 aromatic carbocycles. The van der Waals surface area contributed by atoms with Crippen molar-refractivity contribution in [2.75, 3.05) is 0 Å². The third kappa shape index (κ3) is 3.14. The Hall–Kier alpha value is -5.37. The van der Waals surface area contributed by atoms with Crippen molar-refractivity contribution in [2.24, 2.45) is 0 Å². The zero-order chi connectivity index (χ0) is 27.9. The standard InChI is InChI=1S/C38H23N3S/c1-23-13-17-34-30(19-23)27-8-3-4-10-32(27)40(34)25-15-18-37-31(21-25)29-9-6-12-35(38(29)42-37)41-33-11-5-2-7-26(33)28-16-14-24(22-39)20-36(28)41/h2-21H,1H3. The summed E-state index contributed by atoms with van der Waals surface area (Å²) >= 11 is 1.83. The Morgan fingerprint density at radius 2 is 1.26 bits per heavy atom. The fourth-order valence-electron chi connectivity index (χ4n) is 6.75. The Labute approximate surface area is 245 Å². The van der Waals surface area contributed by atoms with Gasteiger partial charge in [0.1, 0.15) is 0 Å². The SMILES string of the molecule is Cc1ccc2c(c1)c1ccccc1n2-c1ccc2sc3c(-n4c5ccccc5c5ccc(C#N)cc54)cccc3c2c1. The second-order valence-corrected chi connectivity index (χ2v) is 12.1. The van der Waals surface area contributed by atoms with E-state index in [0.717, 1.165) is 27.8 Å². The lowest BCUT2D eigenvalue weighted by Gasteiger charge is -2.10. The molecule has 0 saturated carbocycles. The van der Waals surface area contributed by atoms with E-state index in [2.05, 4.69) is 131 Å². The predicted molar refractivity (Wildman–Crippen MR) is 177 cm³/mol. The molecule has 3 aromatic heterocycles. The number of benzene rings is 6. The van der Waals surface area contributed by atoms with Gasteiger partial charge in [0.25, 0.3) is 0 Å². The highest BCUT2D eigenvalue weighted by Crippen LogP contribution is 2.42. The molecule has 42 heavy (non-hydrogen) atoms. The Bertz CT molecular complexity index is 2600. The number of rotatable bonds is 2. The molecule has 0 saturated heterocycles. The van der Waals surface area contributed by atoms with Gasteiger partial charge in [0.15, 0.2) is 0 Å². The van der Waals surface area contributed by atoms with Gasteiger partial charge >= 0.3 is 0 Å². The Morgan fingerprint density at radius 1 is 0.548 bits per heavy atom. The van der Waals surface area contributed by atoms with Crippen LogP contribution in [0.25, 0.3) is 75.2 Å². The van der Waals surface area contributed by atoms with E-state index in [1.807, 2.05) is 23.5 Å². The molecule has 0 N–H and O–H groups in total. The van der Waals surface area contributed by atoms with Crippen LogP contribution in [0.2, 0.25) is 0 Å². The van der Waals surface area contributed by atoms with Gasteiger partial charge in [0.2, 0.25) is 0 Å². The van der Waals surface area contributed by atoms with Crippen molar-refractivity contribution in [1.29, 1.82) is 5.26 Å². The summed E-state index contributed by atoms with van der Waals surface area (Å²) in [7, 11) is 0. The van der Waals surface area contributed by atoms with Crippen molar-refractivity contribution < 1.29 is 0 Å². The smallest absolute Gasteiger partial charge is 0.0992 e. The first kappa shape index (κ1) is 23.3. The van der Waals surface area contributed by atoms with Crippen LogP contribution < -0.4 is 0 Å². The van der Waals surface area contributed by atoms with Gasteiger partial charge < -0.3 is 9.13 Å². The highest BCUT2D eigenvalue weighted by molar-refractivity contribution is 7.26. The zero-order valence-corrected chi connectivity index (χ0v) is 23.6. The molecular weight excluding hydrogens is 531 g/mol. The number of hydrogen-bond acceptors (Lipinski definition) is 2. The molecular formula is C38H23N3S. The van der Waals surface area contributed by atoms with Crippen LogP contribution in [-0.4, -0.2) is 9.13 Å². The van der Waals surface area contributed by atoms with Gasteiger partial charge in [-0.15, -0.1) is 11.3 Å². The zero-order valence-electron chi connectivity index (χ0n) is 22.8. The van der Waals surface area contributed by atoms with Gasteiger partial charge in [-0.2, -0.15) is 5.26 Å². The monoisotopic (exact) mass is 553 g/mol. The lowest BCUT2D eigenvalue weighted by Crippen LogP contribution is -1.94. The molecule has 0 spiro atoms. The molecule has 0 bridgehead atoms.